The van der Waals surface area contributed by atoms with E-state index in [1.807, 2.05) is 97.1 Å². The smallest absolute Gasteiger partial charge is 0.0991 e. The maximum Gasteiger partial charge on any atom is 0.0991 e. The number of rotatable bonds is 6. The van der Waals surface area contributed by atoms with Gasteiger partial charge in [0.15, 0.2) is 0 Å². The molecule has 2 heterocycles. The van der Waals surface area contributed by atoms with Gasteiger partial charge in [-0.2, -0.15) is 21.0 Å². The number of para-hydroxylation sites is 2. The van der Waals surface area contributed by atoms with E-state index in [2.05, 4.69) is 130 Å². The number of hydrogen-bond donors (Lipinski definition) is 0. The Morgan fingerprint density at radius 2 is 0.547 bits per heavy atom. The van der Waals surface area contributed by atoms with Gasteiger partial charge < -0.3 is 9.13 Å². The molecule has 0 atom stereocenters. The second kappa shape index (κ2) is 15.2. The normalized spacial score (nSPS) is 11.1. The lowest BCUT2D eigenvalue weighted by Crippen LogP contribution is -1.97. The molecule has 0 radical (unpaired) electrons. The average molecular weight is 813 g/mol. The standard InChI is InChI=1S/C58H32N6/c59-33-37-9-17-41(18-10-37)45-27-46(42-19-11-38(34-60)12-20-42)30-49(29-45)63-53-7-3-1-5-51(53)57-55(63)25-26-56-58(57)52-6-2-4-8-54(52)64(56)50-31-47(43-21-13-39(35-61)14-22-43)28-48(32-50)44-23-15-40(36-62)16-24-44/h1-32H. The van der Waals surface area contributed by atoms with E-state index >= 15 is 0 Å². The molecule has 11 aromatic rings. The van der Waals surface area contributed by atoms with Crippen LogP contribution in [0, 0.1) is 45.3 Å². The molecule has 0 saturated heterocycles. The Labute approximate surface area is 368 Å². The summed E-state index contributed by atoms with van der Waals surface area (Å²) < 4.78 is 4.70. The van der Waals surface area contributed by atoms with Crippen LogP contribution < -0.4 is 0 Å². The van der Waals surface area contributed by atoms with E-state index in [0.717, 1.165) is 99.5 Å². The maximum atomic E-state index is 9.57. The van der Waals surface area contributed by atoms with Crippen LogP contribution in [-0.2, 0) is 0 Å². The van der Waals surface area contributed by atoms with Gasteiger partial charge in [-0.05, 0) is 154 Å². The highest BCUT2D eigenvalue weighted by Gasteiger charge is 2.22. The van der Waals surface area contributed by atoms with E-state index in [4.69, 9.17) is 0 Å². The summed E-state index contributed by atoms with van der Waals surface area (Å²) in [6.07, 6.45) is 0. The molecule has 2 aromatic heterocycles. The zero-order valence-electron chi connectivity index (χ0n) is 34.2. The summed E-state index contributed by atoms with van der Waals surface area (Å²) in [7, 11) is 0. The van der Waals surface area contributed by atoms with Crippen molar-refractivity contribution in [2.45, 2.75) is 0 Å². The van der Waals surface area contributed by atoms with Crippen LogP contribution >= 0.6 is 0 Å². The van der Waals surface area contributed by atoms with Gasteiger partial charge in [-0.25, -0.2) is 0 Å². The average Bonchev–Trinajstić information content (AvgIpc) is 3.89. The monoisotopic (exact) mass is 812 g/mol. The lowest BCUT2D eigenvalue weighted by molar-refractivity contribution is 1.17. The summed E-state index contributed by atoms with van der Waals surface area (Å²) in [4.78, 5) is 0. The predicted molar refractivity (Wildman–Crippen MR) is 256 cm³/mol. The van der Waals surface area contributed by atoms with Crippen molar-refractivity contribution < 1.29 is 0 Å². The Balaban J connectivity index is 1.18. The quantitative estimate of drug-likeness (QED) is 0.167. The number of benzene rings is 9. The third-order valence-corrected chi connectivity index (χ3v) is 12.2. The van der Waals surface area contributed by atoms with Crippen LogP contribution in [0.2, 0.25) is 0 Å². The first-order chi connectivity index (χ1) is 31.5. The number of fused-ring (bicyclic) bond motifs is 7. The second-order valence-corrected chi connectivity index (χ2v) is 15.9. The van der Waals surface area contributed by atoms with Gasteiger partial charge in [0.2, 0.25) is 0 Å². The number of nitriles is 4. The molecule has 0 amide bonds. The first kappa shape index (κ1) is 37.5. The van der Waals surface area contributed by atoms with Gasteiger partial charge in [0, 0.05) is 32.9 Å². The molecule has 0 saturated carbocycles. The van der Waals surface area contributed by atoms with Crippen LogP contribution in [0.1, 0.15) is 22.3 Å². The lowest BCUT2D eigenvalue weighted by atomic mass is 9.96. The second-order valence-electron chi connectivity index (χ2n) is 15.9. The van der Waals surface area contributed by atoms with Crippen LogP contribution in [0.3, 0.4) is 0 Å². The Kier molecular flexibility index (Phi) is 8.93. The zero-order valence-corrected chi connectivity index (χ0v) is 34.2. The summed E-state index contributed by atoms with van der Waals surface area (Å²) in [5.74, 6) is 0. The topological polar surface area (TPSA) is 105 Å². The minimum Gasteiger partial charge on any atom is -0.309 e. The summed E-state index contributed by atoms with van der Waals surface area (Å²) in [6, 6.07) is 74.6. The first-order valence-electron chi connectivity index (χ1n) is 20.8. The molecule has 64 heavy (non-hydrogen) atoms. The van der Waals surface area contributed by atoms with Crippen molar-refractivity contribution in [2.75, 3.05) is 0 Å². The molecule has 9 aromatic carbocycles. The van der Waals surface area contributed by atoms with Gasteiger partial charge >= 0.3 is 0 Å². The molecule has 11 rings (SSSR count). The van der Waals surface area contributed by atoms with Crippen LogP contribution in [-0.4, -0.2) is 9.13 Å². The first-order valence-corrected chi connectivity index (χ1v) is 20.8. The highest BCUT2D eigenvalue weighted by Crippen LogP contribution is 2.44. The molecule has 0 aliphatic heterocycles. The van der Waals surface area contributed by atoms with Crippen molar-refractivity contribution in [3.8, 4) is 80.2 Å². The van der Waals surface area contributed by atoms with Crippen molar-refractivity contribution >= 4 is 43.6 Å². The van der Waals surface area contributed by atoms with Gasteiger partial charge in [0.25, 0.3) is 0 Å². The van der Waals surface area contributed by atoms with Gasteiger partial charge in [0.1, 0.15) is 0 Å². The van der Waals surface area contributed by atoms with Crippen LogP contribution in [0.15, 0.2) is 194 Å². The molecule has 6 heteroatoms. The minimum atomic E-state index is 0.601. The van der Waals surface area contributed by atoms with E-state index < -0.39 is 0 Å². The van der Waals surface area contributed by atoms with Crippen molar-refractivity contribution in [1.82, 2.24) is 9.13 Å². The van der Waals surface area contributed by atoms with Gasteiger partial charge in [0.05, 0.1) is 68.6 Å². The molecule has 0 aliphatic rings. The third kappa shape index (κ3) is 6.24. The summed E-state index contributed by atoms with van der Waals surface area (Å²) in [5, 5.41) is 42.8. The van der Waals surface area contributed by atoms with Crippen molar-refractivity contribution in [3.63, 3.8) is 0 Å². The molecule has 0 bridgehead atoms. The largest absolute Gasteiger partial charge is 0.309 e. The number of hydrogen-bond acceptors (Lipinski definition) is 4. The molecule has 0 unspecified atom stereocenters. The molecular weight excluding hydrogens is 781 g/mol. The van der Waals surface area contributed by atoms with Gasteiger partial charge in [-0.1, -0.05) is 84.9 Å². The van der Waals surface area contributed by atoms with Crippen molar-refractivity contribution in [1.29, 1.82) is 21.0 Å². The Bertz CT molecular complexity index is 3430. The summed E-state index contributed by atoms with van der Waals surface area (Å²) in [6.45, 7) is 0. The minimum absolute atomic E-state index is 0.601. The van der Waals surface area contributed by atoms with Crippen molar-refractivity contribution in [2.24, 2.45) is 0 Å². The third-order valence-electron chi connectivity index (χ3n) is 12.2. The number of nitrogens with zero attached hydrogens (tertiary/aromatic N) is 6. The molecule has 0 spiro atoms. The maximum absolute atomic E-state index is 9.57. The molecule has 0 fully saturated rings. The van der Waals surface area contributed by atoms with E-state index in [1.54, 1.807) is 0 Å². The van der Waals surface area contributed by atoms with Crippen LogP contribution in [0.25, 0.3) is 99.5 Å². The molecular formula is C58H32N6. The van der Waals surface area contributed by atoms with Crippen LogP contribution in [0.4, 0.5) is 0 Å². The molecule has 294 valence electrons. The summed E-state index contributed by atoms with van der Waals surface area (Å²) in [5.41, 5.74) is 16.6. The Morgan fingerprint density at radius 3 is 0.828 bits per heavy atom. The Hall–Kier alpha value is -9.46. The van der Waals surface area contributed by atoms with Gasteiger partial charge in [-0.15, -0.1) is 0 Å². The highest BCUT2D eigenvalue weighted by molar-refractivity contribution is 6.29. The predicted octanol–water partition coefficient (Wildman–Crippen LogP) is 14.0. The number of aromatic nitrogens is 2. The van der Waals surface area contributed by atoms with Gasteiger partial charge in [-0.3, -0.25) is 0 Å². The molecule has 0 N–H and O–H groups in total. The van der Waals surface area contributed by atoms with E-state index in [9.17, 15) is 21.0 Å². The fourth-order valence-corrected chi connectivity index (χ4v) is 9.17. The molecule has 0 aliphatic carbocycles. The lowest BCUT2D eigenvalue weighted by Gasteiger charge is -2.15. The SMILES string of the molecule is N#Cc1ccc(-c2cc(-c3ccc(C#N)cc3)cc(-n3c4ccccc4c4c5c6ccccc6n(-c6cc(-c7ccc(C#N)cc7)cc(-c7ccc(C#N)cc7)c6)c5ccc43)c2)cc1. The Morgan fingerprint density at radius 1 is 0.266 bits per heavy atom. The van der Waals surface area contributed by atoms with Crippen molar-refractivity contribution in [3.05, 3.63) is 216 Å². The summed E-state index contributed by atoms with van der Waals surface area (Å²) >= 11 is 0. The fraction of sp³-hybridized carbons (Fsp3) is 0. The van der Waals surface area contributed by atoms with E-state index in [-0.39, 0.29) is 0 Å². The zero-order chi connectivity index (χ0) is 43.3. The van der Waals surface area contributed by atoms with Crippen LogP contribution in [0.5, 0.6) is 0 Å². The molecule has 6 nitrogen and oxygen atoms in total. The van der Waals surface area contributed by atoms with E-state index in [0.29, 0.717) is 22.3 Å². The fourth-order valence-electron chi connectivity index (χ4n) is 9.17. The van der Waals surface area contributed by atoms with E-state index in [1.165, 1.54) is 0 Å². The highest BCUT2D eigenvalue weighted by atomic mass is 15.0.